The Balaban J connectivity index is 2.51. The van der Waals surface area contributed by atoms with Crippen LogP contribution in [0.5, 0.6) is 0 Å². The first-order valence-electron chi connectivity index (χ1n) is 6.93. The second-order valence-corrected chi connectivity index (χ2v) is 6.02. The SMILES string of the molecule is CC(C)CCN1CCN(C(=O)C(C)(N)C(F)(F)F)CC1. The van der Waals surface area contributed by atoms with Crippen LogP contribution in [0.3, 0.4) is 0 Å². The zero-order valence-electron chi connectivity index (χ0n) is 12.3. The Morgan fingerprint density at radius 3 is 2.10 bits per heavy atom. The molecule has 1 saturated heterocycles. The summed E-state index contributed by atoms with van der Waals surface area (Å²) in [5, 5.41) is 0. The van der Waals surface area contributed by atoms with Crippen LogP contribution in [0, 0.1) is 5.92 Å². The third kappa shape index (κ3) is 4.09. The van der Waals surface area contributed by atoms with E-state index in [0.29, 0.717) is 32.1 Å². The van der Waals surface area contributed by atoms with Gasteiger partial charge in [0.2, 0.25) is 0 Å². The van der Waals surface area contributed by atoms with Crippen molar-refractivity contribution in [2.24, 2.45) is 11.7 Å². The van der Waals surface area contributed by atoms with Crippen LogP contribution in [-0.2, 0) is 4.79 Å². The number of carbonyl (C=O) groups excluding carboxylic acids is 1. The number of hydrogen-bond acceptors (Lipinski definition) is 3. The summed E-state index contributed by atoms with van der Waals surface area (Å²) in [6.07, 6.45) is -3.68. The molecule has 1 heterocycles. The molecule has 1 fully saturated rings. The van der Waals surface area contributed by atoms with Crippen molar-refractivity contribution in [1.29, 1.82) is 0 Å². The first-order valence-corrected chi connectivity index (χ1v) is 6.93. The lowest BCUT2D eigenvalue weighted by Crippen LogP contribution is -2.64. The van der Waals surface area contributed by atoms with E-state index < -0.39 is 17.6 Å². The molecule has 1 unspecified atom stereocenters. The topological polar surface area (TPSA) is 49.6 Å². The van der Waals surface area contributed by atoms with Crippen LogP contribution in [0.15, 0.2) is 0 Å². The molecule has 4 nitrogen and oxygen atoms in total. The summed E-state index contributed by atoms with van der Waals surface area (Å²) in [7, 11) is 0. The van der Waals surface area contributed by atoms with E-state index in [-0.39, 0.29) is 0 Å². The van der Waals surface area contributed by atoms with Gasteiger partial charge in [0, 0.05) is 26.2 Å². The van der Waals surface area contributed by atoms with Crippen molar-refractivity contribution in [3.63, 3.8) is 0 Å². The van der Waals surface area contributed by atoms with Crippen LogP contribution in [0.25, 0.3) is 0 Å². The lowest BCUT2D eigenvalue weighted by atomic mass is 10.0. The number of nitrogens with two attached hydrogens (primary N) is 1. The van der Waals surface area contributed by atoms with E-state index in [0.717, 1.165) is 19.9 Å². The van der Waals surface area contributed by atoms with Crippen molar-refractivity contribution < 1.29 is 18.0 Å². The van der Waals surface area contributed by atoms with E-state index in [4.69, 9.17) is 5.73 Å². The maximum Gasteiger partial charge on any atom is 0.415 e. The second kappa shape index (κ2) is 6.30. The van der Waals surface area contributed by atoms with E-state index in [9.17, 15) is 18.0 Å². The molecule has 7 heteroatoms. The minimum atomic E-state index is -4.72. The van der Waals surface area contributed by atoms with Gasteiger partial charge in [-0.15, -0.1) is 0 Å². The Bertz CT molecular complexity index is 334. The fourth-order valence-corrected chi connectivity index (χ4v) is 2.07. The van der Waals surface area contributed by atoms with Gasteiger partial charge < -0.3 is 10.6 Å². The Hall–Kier alpha value is -0.820. The maximum absolute atomic E-state index is 12.7. The van der Waals surface area contributed by atoms with Crippen molar-refractivity contribution in [3.8, 4) is 0 Å². The Morgan fingerprint density at radius 1 is 1.20 bits per heavy atom. The van der Waals surface area contributed by atoms with Crippen molar-refractivity contribution >= 4 is 5.91 Å². The van der Waals surface area contributed by atoms with Gasteiger partial charge in [0.05, 0.1) is 0 Å². The molecular weight excluding hydrogens is 271 g/mol. The van der Waals surface area contributed by atoms with Crippen molar-refractivity contribution in [1.82, 2.24) is 9.80 Å². The summed E-state index contributed by atoms with van der Waals surface area (Å²) in [5.74, 6) is -0.444. The highest BCUT2D eigenvalue weighted by Gasteiger charge is 2.55. The minimum absolute atomic E-state index is 0.305. The number of amides is 1. The molecule has 1 rings (SSSR count). The molecule has 1 aliphatic rings. The summed E-state index contributed by atoms with van der Waals surface area (Å²) in [6, 6.07) is 0. The zero-order valence-corrected chi connectivity index (χ0v) is 12.3. The van der Waals surface area contributed by atoms with Crippen LogP contribution in [0.4, 0.5) is 13.2 Å². The first-order chi connectivity index (χ1) is 9.05. The average Bonchev–Trinajstić information content (AvgIpc) is 2.34. The minimum Gasteiger partial charge on any atom is -0.338 e. The van der Waals surface area contributed by atoms with Gasteiger partial charge in [0.25, 0.3) is 5.91 Å². The maximum atomic E-state index is 12.7. The van der Waals surface area contributed by atoms with Crippen LogP contribution >= 0.6 is 0 Å². The van der Waals surface area contributed by atoms with Crippen molar-refractivity contribution in [2.45, 2.75) is 38.9 Å². The molecule has 0 bridgehead atoms. The van der Waals surface area contributed by atoms with Gasteiger partial charge >= 0.3 is 6.18 Å². The lowest BCUT2D eigenvalue weighted by Gasteiger charge is -2.39. The largest absolute Gasteiger partial charge is 0.415 e. The Kier molecular flexibility index (Phi) is 5.43. The van der Waals surface area contributed by atoms with Gasteiger partial charge in [0.1, 0.15) is 0 Å². The molecule has 0 aromatic rings. The molecule has 0 spiro atoms. The first kappa shape index (κ1) is 17.2. The molecule has 118 valence electrons. The average molecular weight is 295 g/mol. The van der Waals surface area contributed by atoms with Gasteiger partial charge in [-0.3, -0.25) is 9.69 Å². The van der Waals surface area contributed by atoms with Gasteiger partial charge in [-0.1, -0.05) is 13.8 Å². The zero-order chi connectivity index (χ0) is 15.6. The molecule has 0 aromatic carbocycles. The van der Waals surface area contributed by atoms with Crippen LogP contribution in [-0.4, -0.2) is 60.1 Å². The number of rotatable bonds is 4. The highest BCUT2D eigenvalue weighted by atomic mass is 19.4. The predicted octanol–water partition coefficient (Wildman–Crippen LogP) is 1.46. The molecule has 0 saturated carbocycles. The van der Waals surface area contributed by atoms with Crippen molar-refractivity contribution in [2.75, 3.05) is 32.7 Å². The van der Waals surface area contributed by atoms with Crippen LogP contribution in [0.2, 0.25) is 0 Å². The summed E-state index contributed by atoms with van der Waals surface area (Å²) < 4.78 is 38.2. The van der Waals surface area contributed by atoms with E-state index in [1.54, 1.807) is 0 Å². The Morgan fingerprint density at radius 2 is 1.70 bits per heavy atom. The predicted molar refractivity (Wildman–Crippen MR) is 71.1 cm³/mol. The molecule has 0 aromatic heterocycles. The van der Waals surface area contributed by atoms with Gasteiger partial charge in [-0.25, -0.2) is 0 Å². The summed E-state index contributed by atoms with van der Waals surface area (Å²) >= 11 is 0. The summed E-state index contributed by atoms with van der Waals surface area (Å²) in [6.45, 7) is 7.73. The van der Waals surface area contributed by atoms with Gasteiger partial charge in [-0.05, 0) is 25.8 Å². The fraction of sp³-hybridized carbons (Fsp3) is 0.923. The van der Waals surface area contributed by atoms with E-state index in [1.807, 2.05) is 0 Å². The standard InChI is InChI=1S/C13H24F3N3O/c1-10(2)4-5-18-6-8-19(9-7-18)11(20)12(3,17)13(14,15)16/h10H,4-9,17H2,1-3H3. The monoisotopic (exact) mass is 295 g/mol. The number of carbonyl (C=O) groups is 1. The number of alkyl halides is 3. The second-order valence-electron chi connectivity index (χ2n) is 6.02. The van der Waals surface area contributed by atoms with E-state index in [2.05, 4.69) is 18.7 Å². The van der Waals surface area contributed by atoms with E-state index >= 15 is 0 Å². The van der Waals surface area contributed by atoms with Gasteiger partial charge in [-0.2, -0.15) is 13.2 Å². The van der Waals surface area contributed by atoms with E-state index in [1.165, 1.54) is 4.90 Å². The quantitative estimate of drug-likeness (QED) is 0.854. The van der Waals surface area contributed by atoms with Crippen LogP contribution in [0.1, 0.15) is 27.2 Å². The smallest absolute Gasteiger partial charge is 0.338 e. The third-order valence-corrected chi connectivity index (χ3v) is 3.72. The molecule has 2 N–H and O–H groups in total. The third-order valence-electron chi connectivity index (χ3n) is 3.72. The number of hydrogen-bond donors (Lipinski definition) is 1. The molecule has 1 aliphatic heterocycles. The molecular formula is C13H24F3N3O. The summed E-state index contributed by atoms with van der Waals surface area (Å²) in [4.78, 5) is 15.3. The normalized spacial score (nSPS) is 21.1. The van der Waals surface area contributed by atoms with Crippen molar-refractivity contribution in [3.05, 3.63) is 0 Å². The number of nitrogens with zero attached hydrogens (tertiary/aromatic N) is 2. The molecule has 1 amide bonds. The van der Waals surface area contributed by atoms with Gasteiger partial charge in [0.15, 0.2) is 5.54 Å². The molecule has 1 atom stereocenters. The molecule has 20 heavy (non-hydrogen) atoms. The summed E-state index contributed by atoms with van der Waals surface area (Å²) in [5.41, 5.74) is 2.37. The molecule has 0 aliphatic carbocycles. The Labute approximate surface area is 118 Å². The number of piperazine rings is 1. The lowest BCUT2D eigenvalue weighted by molar-refractivity contribution is -0.194. The highest BCUT2D eigenvalue weighted by molar-refractivity contribution is 5.86. The van der Waals surface area contributed by atoms with Crippen LogP contribution < -0.4 is 5.73 Å². The number of halogens is 3. The fourth-order valence-electron chi connectivity index (χ4n) is 2.07. The highest BCUT2D eigenvalue weighted by Crippen LogP contribution is 2.29. The molecule has 0 radical (unpaired) electrons.